The van der Waals surface area contributed by atoms with Gasteiger partial charge in [0, 0.05) is 31.8 Å². The molecule has 6 heteroatoms. The van der Waals surface area contributed by atoms with Crippen LogP contribution in [0.2, 0.25) is 0 Å². The summed E-state index contributed by atoms with van der Waals surface area (Å²) < 4.78 is 11.3. The minimum Gasteiger partial charge on any atom is -0.482 e. The number of piperidine rings is 1. The number of aliphatic carboxylic acids is 1. The van der Waals surface area contributed by atoms with Crippen LogP contribution in [-0.2, 0) is 16.1 Å². The van der Waals surface area contributed by atoms with Gasteiger partial charge in [0.2, 0.25) is 0 Å². The van der Waals surface area contributed by atoms with Crippen LogP contribution in [0.4, 0.5) is 0 Å². The second-order valence-corrected chi connectivity index (χ2v) is 6.64. The SMILES string of the molecule is O=C(O)COc1ccccc1CN1CCC2(CC1)OCCCC2O. The van der Waals surface area contributed by atoms with E-state index in [9.17, 15) is 9.90 Å². The molecule has 3 rings (SSSR count). The molecule has 0 radical (unpaired) electrons. The van der Waals surface area contributed by atoms with Crippen LogP contribution in [0.5, 0.6) is 5.75 Å². The van der Waals surface area contributed by atoms with Crippen molar-refractivity contribution in [2.45, 2.75) is 43.9 Å². The fraction of sp³-hybridized carbons (Fsp3) is 0.611. The first-order chi connectivity index (χ1) is 11.6. The fourth-order valence-electron chi connectivity index (χ4n) is 3.63. The Labute approximate surface area is 142 Å². The van der Waals surface area contributed by atoms with Crippen LogP contribution < -0.4 is 4.74 Å². The van der Waals surface area contributed by atoms with E-state index < -0.39 is 5.97 Å². The molecular formula is C18H25NO5. The summed E-state index contributed by atoms with van der Waals surface area (Å²) in [6, 6.07) is 7.55. The Morgan fingerprint density at radius 2 is 2.08 bits per heavy atom. The highest BCUT2D eigenvalue weighted by atomic mass is 16.5. The molecule has 1 aromatic rings. The normalized spacial score (nSPS) is 24.0. The molecule has 0 aromatic heterocycles. The maximum atomic E-state index is 10.7. The average molecular weight is 335 g/mol. The molecule has 2 N–H and O–H groups in total. The van der Waals surface area contributed by atoms with E-state index in [1.54, 1.807) is 6.07 Å². The molecular weight excluding hydrogens is 310 g/mol. The predicted octanol–water partition coefficient (Wildman–Crippen LogP) is 1.66. The summed E-state index contributed by atoms with van der Waals surface area (Å²) >= 11 is 0. The van der Waals surface area contributed by atoms with E-state index in [1.807, 2.05) is 18.2 Å². The summed E-state index contributed by atoms with van der Waals surface area (Å²) in [6.07, 6.45) is 3.05. The molecule has 6 nitrogen and oxygen atoms in total. The Kier molecular flexibility index (Phi) is 5.38. The molecule has 1 spiro atoms. The number of aliphatic hydroxyl groups is 1. The first-order valence-corrected chi connectivity index (χ1v) is 8.56. The van der Waals surface area contributed by atoms with Crippen molar-refractivity contribution in [2.24, 2.45) is 0 Å². The number of carboxylic acids is 1. The number of para-hydroxylation sites is 1. The third kappa shape index (κ3) is 3.88. The van der Waals surface area contributed by atoms with E-state index in [0.717, 1.165) is 50.9 Å². The summed E-state index contributed by atoms with van der Waals surface area (Å²) in [5.41, 5.74) is 0.619. The summed E-state index contributed by atoms with van der Waals surface area (Å²) in [6.45, 7) is 2.82. The third-order valence-electron chi connectivity index (χ3n) is 5.04. The Hall–Kier alpha value is -1.63. The van der Waals surface area contributed by atoms with Crippen molar-refractivity contribution in [3.63, 3.8) is 0 Å². The van der Waals surface area contributed by atoms with Crippen LogP contribution in [0.1, 0.15) is 31.2 Å². The molecule has 2 saturated heterocycles. The van der Waals surface area contributed by atoms with E-state index >= 15 is 0 Å². The first-order valence-electron chi connectivity index (χ1n) is 8.56. The molecule has 2 aliphatic heterocycles. The average Bonchev–Trinajstić information content (AvgIpc) is 2.59. The molecule has 1 unspecified atom stereocenters. The van der Waals surface area contributed by atoms with Gasteiger partial charge in [-0.25, -0.2) is 4.79 Å². The van der Waals surface area contributed by atoms with Crippen LogP contribution in [-0.4, -0.2) is 59.1 Å². The van der Waals surface area contributed by atoms with Gasteiger partial charge in [-0.2, -0.15) is 0 Å². The maximum Gasteiger partial charge on any atom is 0.341 e. The molecule has 0 amide bonds. The summed E-state index contributed by atoms with van der Waals surface area (Å²) in [5.74, 6) is -0.359. The third-order valence-corrected chi connectivity index (χ3v) is 5.04. The highest BCUT2D eigenvalue weighted by Gasteiger charge is 2.43. The number of benzene rings is 1. The van der Waals surface area contributed by atoms with E-state index in [-0.39, 0.29) is 18.3 Å². The van der Waals surface area contributed by atoms with Crippen LogP contribution >= 0.6 is 0 Å². The van der Waals surface area contributed by atoms with Gasteiger partial charge in [0.15, 0.2) is 6.61 Å². The van der Waals surface area contributed by atoms with Crippen molar-refractivity contribution >= 4 is 5.97 Å². The highest BCUT2D eigenvalue weighted by Crippen LogP contribution is 2.36. The van der Waals surface area contributed by atoms with Crippen molar-refractivity contribution in [3.05, 3.63) is 29.8 Å². The zero-order valence-corrected chi connectivity index (χ0v) is 13.8. The smallest absolute Gasteiger partial charge is 0.341 e. The second-order valence-electron chi connectivity index (χ2n) is 6.64. The van der Waals surface area contributed by atoms with Gasteiger partial charge in [-0.3, -0.25) is 4.90 Å². The van der Waals surface area contributed by atoms with E-state index in [2.05, 4.69) is 4.90 Å². The maximum absolute atomic E-state index is 10.7. The van der Waals surface area contributed by atoms with Crippen LogP contribution in [0, 0.1) is 0 Å². The van der Waals surface area contributed by atoms with Crippen molar-refractivity contribution < 1.29 is 24.5 Å². The molecule has 24 heavy (non-hydrogen) atoms. The lowest BCUT2D eigenvalue weighted by molar-refractivity contribution is -0.177. The number of nitrogens with zero attached hydrogens (tertiary/aromatic N) is 1. The number of rotatable bonds is 5. The molecule has 2 aliphatic rings. The lowest BCUT2D eigenvalue weighted by Gasteiger charge is -2.46. The first kappa shape index (κ1) is 17.2. The van der Waals surface area contributed by atoms with E-state index in [0.29, 0.717) is 12.3 Å². The number of likely N-dealkylation sites (tertiary alicyclic amines) is 1. The minimum absolute atomic E-state index is 0.333. The predicted molar refractivity (Wildman–Crippen MR) is 88.0 cm³/mol. The Balaban J connectivity index is 1.59. The zero-order valence-electron chi connectivity index (χ0n) is 13.8. The topological polar surface area (TPSA) is 79.2 Å². The fourth-order valence-corrected chi connectivity index (χ4v) is 3.63. The second kappa shape index (κ2) is 7.51. The van der Waals surface area contributed by atoms with Crippen molar-refractivity contribution in [2.75, 3.05) is 26.3 Å². The van der Waals surface area contributed by atoms with Crippen LogP contribution in [0.3, 0.4) is 0 Å². The van der Waals surface area contributed by atoms with Gasteiger partial charge in [0.1, 0.15) is 5.75 Å². The Bertz CT molecular complexity index is 568. The molecule has 2 heterocycles. The lowest BCUT2D eigenvalue weighted by atomic mass is 9.82. The molecule has 2 fully saturated rings. The monoisotopic (exact) mass is 335 g/mol. The number of hydrogen-bond acceptors (Lipinski definition) is 5. The van der Waals surface area contributed by atoms with Gasteiger partial charge >= 0.3 is 5.97 Å². The zero-order chi connectivity index (χ0) is 17.0. The number of hydrogen-bond donors (Lipinski definition) is 2. The Morgan fingerprint density at radius 1 is 1.33 bits per heavy atom. The van der Waals surface area contributed by atoms with E-state index in [1.165, 1.54) is 0 Å². The van der Waals surface area contributed by atoms with Crippen molar-refractivity contribution in [1.82, 2.24) is 4.90 Å². The molecule has 1 atom stereocenters. The van der Waals surface area contributed by atoms with Gasteiger partial charge in [0.25, 0.3) is 0 Å². The van der Waals surface area contributed by atoms with Gasteiger partial charge < -0.3 is 19.7 Å². The summed E-state index contributed by atoms with van der Waals surface area (Å²) in [7, 11) is 0. The number of ether oxygens (including phenoxy) is 2. The van der Waals surface area contributed by atoms with Gasteiger partial charge in [-0.1, -0.05) is 18.2 Å². The Morgan fingerprint density at radius 3 is 2.79 bits per heavy atom. The quantitative estimate of drug-likeness (QED) is 0.852. The minimum atomic E-state index is -0.979. The molecule has 0 aliphatic carbocycles. The lowest BCUT2D eigenvalue weighted by Crippen LogP contribution is -2.55. The number of carbonyl (C=O) groups is 1. The number of aliphatic hydroxyl groups excluding tert-OH is 1. The molecule has 132 valence electrons. The highest BCUT2D eigenvalue weighted by molar-refractivity contribution is 5.68. The van der Waals surface area contributed by atoms with Crippen LogP contribution in [0.15, 0.2) is 24.3 Å². The van der Waals surface area contributed by atoms with Gasteiger partial charge in [-0.05, 0) is 31.7 Å². The van der Waals surface area contributed by atoms with Crippen molar-refractivity contribution in [3.8, 4) is 5.75 Å². The van der Waals surface area contributed by atoms with Crippen molar-refractivity contribution in [1.29, 1.82) is 0 Å². The summed E-state index contributed by atoms with van der Waals surface area (Å²) in [5, 5.41) is 19.1. The van der Waals surface area contributed by atoms with Gasteiger partial charge in [0.05, 0.1) is 11.7 Å². The standard InChI is InChI=1S/C18H25NO5/c20-16-6-3-11-24-18(16)7-9-19(10-8-18)12-14-4-1-2-5-15(14)23-13-17(21)22/h1-2,4-5,16,20H,3,6-13H2,(H,21,22). The van der Waals surface area contributed by atoms with E-state index in [4.69, 9.17) is 14.6 Å². The largest absolute Gasteiger partial charge is 0.482 e. The molecule has 0 bridgehead atoms. The summed E-state index contributed by atoms with van der Waals surface area (Å²) in [4.78, 5) is 13.0. The van der Waals surface area contributed by atoms with Crippen LogP contribution in [0.25, 0.3) is 0 Å². The molecule has 0 saturated carbocycles. The van der Waals surface area contributed by atoms with Gasteiger partial charge in [-0.15, -0.1) is 0 Å². The molecule has 1 aromatic carbocycles. The number of carboxylic acid groups (broad SMARTS) is 1.